The van der Waals surface area contributed by atoms with Crippen LogP contribution in [0.4, 0.5) is 4.39 Å². The van der Waals surface area contributed by atoms with Crippen LogP contribution in [0.15, 0.2) is 66.7 Å². The number of ether oxygens (including phenoxy) is 1. The maximum atomic E-state index is 13.3. The monoisotopic (exact) mass is 610 g/mol. The van der Waals surface area contributed by atoms with Crippen molar-refractivity contribution in [2.24, 2.45) is 0 Å². The number of carbonyl (C=O) groups is 3. The van der Waals surface area contributed by atoms with E-state index in [4.69, 9.17) is 20.6 Å². The molecule has 0 spiro atoms. The standard InChI is InChI=1S/C20H23FN2O2.C12H12O7/c1-23(2)11-3-10-20(25,17-5-7-18(21)8-6-17)19-9-4-15(13-22)12-16(19)14-24;1-6-2-4-7(5-3-6)12(18)19-9(11(16)17)8(13)10(14)15/h4-9,12,24-25H,3,10-11,14H2,1-2H3;2-5,8-9,13H,1H3,(H,14,15)(H,16,17)/t;8?,9-/m.0/s1. The fourth-order valence-electron chi connectivity index (χ4n) is 4.26. The molecule has 3 aromatic carbocycles. The minimum absolute atomic E-state index is 0.0643. The average molecular weight is 611 g/mol. The predicted molar refractivity (Wildman–Crippen MR) is 156 cm³/mol. The highest BCUT2D eigenvalue weighted by Crippen LogP contribution is 2.37. The molecule has 0 aliphatic heterocycles. The van der Waals surface area contributed by atoms with Crippen LogP contribution in [0.5, 0.6) is 0 Å². The Bertz CT molecular complexity index is 1470. The third-order valence-corrected chi connectivity index (χ3v) is 6.62. The summed E-state index contributed by atoms with van der Waals surface area (Å²) in [4.78, 5) is 34.9. The maximum absolute atomic E-state index is 13.3. The Morgan fingerprint density at radius 2 is 1.61 bits per heavy atom. The zero-order chi connectivity index (χ0) is 33.0. The van der Waals surface area contributed by atoms with Gasteiger partial charge in [-0.15, -0.1) is 0 Å². The van der Waals surface area contributed by atoms with Gasteiger partial charge in [0.15, 0.2) is 6.10 Å². The summed E-state index contributed by atoms with van der Waals surface area (Å²) in [7, 11) is 3.91. The summed E-state index contributed by atoms with van der Waals surface area (Å²) in [5.41, 5.74) is 1.60. The number of rotatable bonds is 12. The zero-order valence-corrected chi connectivity index (χ0v) is 24.5. The topological polar surface area (TPSA) is 189 Å². The number of nitrogens with zero attached hydrogens (tertiary/aromatic N) is 2. The highest BCUT2D eigenvalue weighted by Gasteiger charge is 2.36. The third kappa shape index (κ3) is 9.68. The van der Waals surface area contributed by atoms with Crippen LogP contribution in [0.2, 0.25) is 0 Å². The lowest BCUT2D eigenvalue weighted by atomic mass is 9.80. The van der Waals surface area contributed by atoms with E-state index in [1.807, 2.05) is 25.1 Å². The summed E-state index contributed by atoms with van der Waals surface area (Å²) in [5, 5.41) is 56.7. The van der Waals surface area contributed by atoms with Gasteiger partial charge < -0.3 is 35.2 Å². The molecule has 11 nitrogen and oxygen atoms in total. The fourth-order valence-corrected chi connectivity index (χ4v) is 4.26. The number of carbonyl (C=O) groups excluding carboxylic acids is 1. The van der Waals surface area contributed by atoms with Gasteiger partial charge in [0.05, 0.1) is 23.8 Å². The van der Waals surface area contributed by atoms with Gasteiger partial charge in [-0.05, 0) is 93.5 Å². The van der Waals surface area contributed by atoms with E-state index in [-0.39, 0.29) is 18.0 Å². The van der Waals surface area contributed by atoms with Gasteiger partial charge in [-0.1, -0.05) is 35.9 Å². The van der Waals surface area contributed by atoms with Crippen molar-refractivity contribution >= 4 is 17.9 Å². The summed E-state index contributed by atoms with van der Waals surface area (Å²) in [6, 6.07) is 18.7. The van der Waals surface area contributed by atoms with Crippen LogP contribution in [0.1, 0.15) is 51.0 Å². The maximum Gasteiger partial charge on any atom is 0.348 e. The van der Waals surface area contributed by atoms with E-state index >= 15 is 0 Å². The van der Waals surface area contributed by atoms with Crippen molar-refractivity contribution in [3.63, 3.8) is 0 Å². The van der Waals surface area contributed by atoms with E-state index in [0.717, 1.165) is 12.1 Å². The molecule has 0 radical (unpaired) electrons. The second kappa shape index (κ2) is 16.3. The summed E-state index contributed by atoms with van der Waals surface area (Å²) in [6.45, 7) is 2.29. The van der Waals surface area contributed by atoms with E-state index in [9.17, 15) is 29.0 Å². The summed E-state index contributed by atoms with van der Waals surface area (Å²) < 4.78 is 17.8. The predicted octanol–water partition coefficient (Wildman–Crippen LogP) is 2.82. The molecule has 0 fully saturated rings. The Morgan fingerprint density at radius 3 is 2.11 bits per heavy atom. The van der Waals surface area contributed by atoms with Crippen molar-refractivity contribution in [3.8, 4) is 6.07 Å². The van der Waals surface area contributed by atoms with Crippen molar-refractivity contribution in [3.05, 3.63) is 106 Å². The average Bonchev–Trinajstić information content (AvgIpc) is 2.99. The first kappa shape index (κ1) is 35.5. The highest BCUT2D eigenvalue weighted by atomic mass is 19.1. The van der Waals surface area contributed by atoms with Gasteiger partial charge in [-0.2, -0.15) is 5.26 Å². The van der Waals surface area contributed by atoms with Crippen LogP contribution in [0, 0.1) is 24.1 Å². The molecule has 3 rings (SSSR count). The molecule has 0 heterocycles. The molecule has 0 amide bonds. The Morgan fingerprint density at radius 1 is 1.00 bits per heavy atom. The van der Waals surface area contributed by atoms with E-state index < -0.39 is 35.7 Å². The third-order valence-electron chi connectivity index (χ3n) is 6.62. The number of carboxylic acids is 2. The highest BCUT2D eigenvalue weighted by molar-refractivity contribution is 5.92. The van der Waals surface area contributed by atoms with Gasteiger partial charge in [0.2, 0.25) is 6.10 Å². The summed E-state index contributed by atoms with van der Waals surface area (Å²) >= 11 is 0. The number of aliphatic carboxylic acids is 2. The SMILES string of the molecule is CN(C)CCCC(O)(c1ccc(F)cc1)c1ccc(C#N)cc1CO.Cc1ccc(C(=O)O[C@H](C(=O)O)C(O)C(=O)O)cc1. The molecule has 0 saturated heterocycles. The number of aliphatic hydroxyl groups is 3. The molecule has 5 N–H and O–H groups in total. The van der Waals surface area contributed by atoms with Crippen LogP contribution in [-0.2, 0) is 26.5 Å². The molecule has 2 unspecified atom stereocenters. The number of aryl methyl sites for hydroxylation is 1. The number of nitriles is 1. The number of carboxylic acid groups (broad SMARTS) is 2. The van der Waals surface area contributed by atoms with E-state index in [1.165, 1.54) is 24.3 Å². The molecular formula is C32H35FN2O9. The Kier molecular flexibility index (Phi) is 13.1. The van der Waals surface area contributed by atoms with Gasteiger partial charge in [-0.3, -0.25) is 0 Å². The smallest absolute Gasteiger partial charge is 0.348 e. The molecule has 0 aromatic heterocycles. The first-order valence-electron chi connectivity index (χ1n) is 13.4. The van der Waals surface area contributed by atoms with Gasteiger partial charge >= 0.3 is 17.9 Å². The molecule has 44 heavy (non-hydrogen) atoms. The number of aliphatic hydroxyl groups excluding tert-OH is 2. The molecular weight excluding hydrogens is 575 g/mol. The Labute approximate surface area is 254 Å². The normalized spacial score (nSPS) is 13.4. The van der Waals surface area contributed by atoms with E-state index in [0.29, 0.717) is 35.1 Å². The van der Waals surface area contributed by atoms with Gasteiger partial charge in [0, 0.05) is 0 Å². The fraction of sp³-hybridized carbons (Fsp3) is 0.312. The quantitative estimate of drug-likeness (QED) is 0.190. The van der Waals surface area contributed by atoms with Gasteiger partial charge in [0.1, 0.15) is 11.4 Å². The molecule has 0 aliphatic carbocycles. The molecule has 3 aromatic rings. The summed E-state index contributed by atoms with van der Waals surface area (Å²) in [5.74, 6) is -4.92. The lowest BCUT2D eigenvalue weighted by Gasteiger charge is -2.32. The molecule has 234 valence electrons. The lowest BCUT2D eigenvalue weighted by Crippen LogP contribution is -2.43. The van der Waals surface area contributed by atoms with Gasteiger partial charge in [-0.25, -0.2) is 18.8 Å². The summed E-state index contributed by atoms with van der Waals surface area (Å²) in [6.07, 6.45) is -3.36. The van der Waals surface area contributed by atoms with Crippen molar-refractivity contribution in [1.82, 2.24) is 4.90 Å². The largest absolute Gasteiger partial charge is 0.479 e. The van der Waals surface area contributed by atoms with Crippen LogP contribution >= 0.6 is 0 Å². The minimum Gasteiger partial charge on any atom is -0.479 e. The van der Waals surface area contributed by atoms with Crippen LogP contribution < -0.4 is 0 Å². The number of benzene rings is 3. The van der Waals surface area contributed by atoms with Crippen LogP contribution in [0.3, 0.4) is 0 Å². The first-order chi connectivity index (χ1) is 20.7. The van der Waals surface area contributed by atoms with Crippen molar-refractivity contribution in [2.45, 2.75) is 44.2 Å². The molecule has 0 bridgehead atoms. The number of esters is 1. The molecule has 0 saturated carbocycles. The van der Waals surface area contributed by atoms with E-state index in [1.54, 1.807) is 49.4 Å². The second-order valence-corrected chi connectivity index (χ2v) is 10.2. The lowest BCUT2D eigenvalue weighted by molar-refractivity contribution is -0.166. The van der Waals surface area contributed by atoms with Gasteiger partial charge in [0.25, 0.3) is 0 Å². The Balaban J connectivity index is 0.000000319. The molecule has 0 aliphatic rings. The number of hydrogen-bond acceptors (Lipinski definition) is 9. The van der Waals surface area contributed by atoms with Crippen molar-refractivity contribution in [2.75, 3.05) is 20.6 Å². The van der Waals surface area contributed by atoms with Crippen LogP contribution in [0.25, 0.3) is 0 Å². The molecule has 3 atom stereocenters. The number of halogens is 1. The molecule has 12 heteroatoms. The first-order valence-corrected chi connectivity index (χ1v) is 13.4. The van der Waals surface area contributed by atoms with Crippen molar-refractivity contribution in [1.29, 1.82) is 5.26 Å². The van der Waals surface area contributed by atoms with Crippen molar-refractivity contribution < 1.29 is 49.0 Å². The minimum atomic E-state index is -2.33. The van der Waals surface area contributed by atoms with E-state index in [2.05, 4.69) is 4.74 Å². The zero-order valence-electron chi connectivity index (χ0n) is 24.5. The van der Waals surface area contributed by atoms with Crippen LogP contribution in [-0.4, -0.2) is 81.2 Å². The second-order valence-electron chi connectivity index (χ2n) is 10.2. The Hall–Kier alpha value is -4.67. The number of hydrogen-bond donors (Lipinski definition) is 5.